The van der Waals surface area contributed by atoms with Crippen molar-refractivity contribution in [3.8, 4) is 0 Å². The quantitative estimate of drug-likeness (QED) is 0.750. The molecule has 3 aliphatic carbocycles. The maximum absolute atomic E-state index is 11.0. The first-order valence-electron chi connectivity index (χ1n) is 8.22. The number of carbonyl (C=O) groups is 1. The maximum atomic E-state index is 11.0. The van der Waals surface area contributed by atoms with Crippen molar-refractivity contribution in [3.63, 3.8) is 0 Å². The number of hydrogen-bond donors (Lipinski definition) is 2. The van der Waals surface area contributed by atoms with Crippen LogP contribution in [0.3, 0.4) is 0 Å². The van der Waals surface area contributed by atoms with Crippen molar-refractivity contribution >= 4 is 5.97 Å². The van der Waals surface area contributed by atoms with E-state index in [0.29, 0.717) is 25.7 Å². The van der Waals surface area contributed by atoms with Gasteiger partial charge in [0.1, 0.15) is 0 Å². The molecule has 3 fully saturated rings. The zero-order valence-electron chi connectivity index (χ0n) is 12.3. The van der Waals surface area contributed by atoms with Crippen LogP contribution in [0.2, 0.25) is 0 Å². The molecule has 4 heteroatoms. The van der Waals surface area contributed by atoms with Crippen LogP contribution in [0.5, 0.6) is 0 Å². The lowest BCUT2D eigenvalue weighted by molar-refractivity contribution is -0.145. The second-order valence-corrected chi connectivity index (χ2v) is 7.42. The van der Waals surface area contributed by atoms with Crippen LogP contribution < -0.4 is 0 Å². The first-order chi connectivity index (χ1) is 9.54. The summed E-state index contributed by atoms with van der Waals surface area (Å²) in [5, 5.41) is 19.8. The van der Waals surface area contributed by atoms with E-state index in [1.54, 1.807) is 0 Å². The second-order valence-electron chi connectivity index (χ2n) is 7.42. The van der Waals surface area contributed by atoms with Gasteiger partial charge < -0.3 is 10.2 Å². The molecule has 3 aliphatic rings. The molecule has 3 saturated carbocycles. The van der Waals surface area contributed by atoms with E-state index in [-0.39, 0.29) is 5.92 Å². The molecule has 0 aromatic carbocycles. The average molecular weight is 281 g/mol. The Bertz CT molecular complexity index is 341. The molecule has 0 heterocycles. The van der Waals surface area contributed by atoms with E-state index in [4.69, 9.17) is 5.11 Å². The number of carboxylic acids is 1. The summed E-state index contributed by atoms with van der Waals surface area (Å²) in [5.41, 5.74) is -0.643. The van der Waals surface area contributed by atoms with Crippen LogP contribution in [0.1, 0.15) is 51.4 Å². The minimum absolute atomic E-state index is 0.240. The molecule has 0 amide bonds. The fraction of sp³-hybridized carbons (Fsp3) is 0.938. The topological polar surface area (TPSA) is 60.8 Å². The molecule has 0 unspecified atom stereocenters. The number of hydrogen-bond acceptors (Lipinski definition) is 3. The van der Waals surface area contributed by atoms with Gasteiger partial charge in [-0.05, 0) is 63.2 Å². The monoisotopic (exact) mass is 281 g/mol. The van der Waals surface area contributed by atoms with Gasteiger partial charge in [0.25, 0.3) is 0 Å². The van der Waals surface area contributed by atoms with Crippen LogP contribution in [0, 0.1) is 17.8 Å². The van der Waals surface area contributed by atoms with Gasteiger partial charge in [-0.15, -0.1) is 0 Å². The Morgan fingerprint density at radius 3 is 1.90 bits per heavy atom. The molecule has 0 aliphatic heterocycles. The average Bonchev–Trinajstić information content (AvgIpc) is 3.25. The zero-order chi connectivity index (χ0) is 14.2. The van der Waals surface area contributed by atoms with Gasteiger partial charge >= 0.3 is 5.97 Å². The number of nitrogens with zero attached hydrogens (tertiary/aromatic N) is 1. The number of carboxylic acid groups (broad SMARTS) is 1. The summed E-state index contributed by atoms with van der Waals surface area (Å²) in [6.45, 7) is 3.04. The zero-order valence-corrected chi connectivity index (χ0v) is 12.3. The summed E-state index contributed by atoms with van der Waals surface area (Å²) in [4.78, 5) is 13.5. The van der Waals surface area contributed by atoms with Crippen molar-refractivity contribution in [2.24, 2.45) is 17.8 Å². The van der Waals surface area contributed by atoms with E-state index in [1.807, 2.05) is 0 Å². The fourth-order valence-corrected chi connectivity index (χ4v) is 3.51. The SMILES string of the molecule is O=C(O)C1CCC(O)(CN(CC2CC2)CC2CC2)CC1. The van der Waals surface area contributed by atoms with E-state index in [2.05, 4.69) is 4.90 Å². The molecule has 3 rings (SSSR count). The van der Waals surface area contributed by atoms with Crippen molar-refractivity contribution in [3.05, 3.63) is 0 Å². The van der Waals surface area contributed by atoms with Crippen molar-refractivity contribution in [2.75, 3.05) is 19.6 Å². The number of aliphatic carboxylic acids is 1. The normalized spacial score (nSPS) is 34.4. The van der Waals surface area contributed by atoms with E-state index >= 15 is 0 Å². The lowest BCUT2D eigenvalue weighted by Crippen LogP contribution is -2.47. The first kappa shape index (κ1) is 14.3. The molecule has 0 aromatic heterocycles. The van der Waals surface area contributed by atoms with Gasteiger partial charge in [-0.2, -0.15) is 0 Å². The van der Waals surface area contributed by atoms with Gasteiger partial charge in [0.2, 0.25) is 0 Å². The Morgan fingerprint density at radius 1 is 1.00 bits per heavy atom. The van der Waals surface area contributed by atoms with Crippen molar-refractivity contribution in [2.45, 2.75) is 57.0 Å². The van der Waals surface area contributed by atoms with Crippen molar-refractivity contribution in [1.29, 1.82) is 0 Å². The van der Waals surface area contributed by atoms with Gasteiger partial charge in [0, 0.05) is 19.6 Å². The number of aliphatic hydroxyl groups is 1. The standard InChI is InChI=1S/C16H27NO3/c18-15(19)14-5-7-16(20,8-6-14)11-17(9-12-1-2-12)10-13-3-4-13/h12-14,20H,1-11H2,(H,18,19). The van der Waals surface area contributed by atoms with E-state index < -0.39 is 11.6 Å². The molecule has 4 nitrogen and oxygen atoms in total. The van der Waals surface area contributed by atoms with Crippen LogP contribution in [0.4, 0.5) is 0 Å². The third-order valence-corrected chi connectivity index (χ3v) is 5.21. The van der Waals surface area contributed by atoms with E-state index in [1.165, 1.54) is 25.7 Å². The van der Waals surface area contributed by atoms with E-state index in [0.717, 1.165) is 31.5 Å². The predicted molar refractivity (Wildman–Crippen MR) is 76.4 cm³/mol. The van der Waals surface area contributed by atoms with Crippen LogP contribution in [0.25, 0.3) is 0 Å². The molecule has 114 valence electrons. The highest BCUT2D eigenvalue weighted by molar-refractivity contribution is 5.70. The van der Waals surface area contributed by atoms with Crippen LogP contribution >= 0.6 is 0 Å². The van der Waals surface area contributed by atoms with Gasteiger partial charge in [-0.25, -0.2) is 0 Å². The van der Waals surface area contributed by atoms with E-state index in [9.17, 15) is 9.90 Å². The van der Waals surface area contributed by atoms with Crippen molar-refractivity contribution < 1.29 is 15.0 Å². The van der Waals surface area contributed by atoms with Crippen LogP contribution in [-0.2, 0) is 4.79 Å². The Kier molecular flexibility index (Phi) is 4.04. The summed E-state index contributed by atoms with van der Waals surface area (Å²) < 4.78 is 0. The van der Waals surface area contributed by atoms with Gasteiger partial charge in [0.15, 0.2) is 0 Å². The third-order valence-electron chi connectivity index (χ3n) is 5.21. The molecule has 2 N–H and O–H groups in total. The Labute approximate surface area is 121 Å². The van der Waals surface area contributed by atoms with Crippen LogP contribution in [0.15, 0.2) is 0 Å². The Hall–Kier alpha value is -0.610. The number of rotatable bonds is 7. The molecule has 0 aromatic rings. The molecule has 0 spiro atoms. The molecule has 0 radical (unpaired) electrons. The van der Waals surface area contributed by atoms with Gasteiger partial charge in [-0.1, -0.05) is 0 Å². The summed E-state index contributed by atoms with van der Waals surface area (Å²) in [5.74, 6) is 0.774. The van der Waals surface area contributed by atoms with Gasteiger partial charge in [0.05, 0.1) is 11.5 Å². The predicted octanol–water partition coefficient (Wildman–Crippen LogP) is 2.11. The lowest BCUT2D eigenvalue weighted by Gasteiger charge is -2.38. The Morgan fingerprint density at radius 2 is 1.50 bits per heavy atom. The first-order valence-corrected chi connectivity index (χ1v) is 8.22. The largest absolute Gasteiger partial charge is 0.481 e. The minimum atomic E-state index is -0.695. The summed E-state index contributed by atoms with van der Waals surface area (Å²) in [6.07, 6.45) is 7.95. The smallest absolute Gasteiger partial charge is 0.306 e. The summed E-state index contributed by atoms with van der Waals surface area (Å²) >= 11 is 0. The highest BCUT2D eigenvalue weighted by atomic mass is 16.4. The van der Waals surface area contributed by atoms with Crippen molar-refractivity contribution in [1.82, 2.24) is 4.90 Å². The minimum Gasteiger partial charge on any atom is -0.481 e. The highest BCUT2D eigenvalue weighted by Gasteiger charge is 2.39. The van der Waals surface area contributed by atoms with Gasteiger partial charge in [-0.3, -0.25) is 9.69 Å². The highest BCUT2D eigenvalue weighted by Crippen LogP contribution is 2.37. The molecule has 0 atom stereocenters. The second kappa shape index (κ2) is 5.64. The molecule has 0 saturated heterocycles. The molecule has 0 bridgehead atoms. The lowest BCUT2D eigenvalue weighted by atomic mass is 9.78. The molecular formula is C16H27NO3. The summed E-state index contributed by atoms with van der Waals surface area (Å²) in [7, 11) is 0. The fourth-order valence-electron chi connectivity index (χ4n) is 3.51. The maximum Gasteiger partial charge on any atom is 0.306 e. The Balaban J connectivity index is 1.51. The summed E-state index contributed by atoms with van der Waals surface area (Å²) in [6, 6.07) is 0. The third kappa shape index (κ3) is 3.95. The molecular weight excluding hydrogens is 254 g/mol. The van der Waals surface area contributed by atoms with Crippen LogP contribution in [-0.4, -0.2) is 46.3 Å². The molecule has 20 heavy (non-hydrogen) atoms.